The van der Waals surface area contributed by atoms with Gasteiger partial charge in [-0.1, -0.05) is 19.3 Å². The van der Waals surface area contributed by atoms with E-state index in [2.05, 4.69) is 15.1 Å². The highest BCUT2D eigenvalue weighted by Gasteiger charge is 2.37. The molecule has 2 aliphatic heterocycles. The molecule has 1 unspecified atom stereocenters. The van der Waals surface area contributed by atoms with Crippen LogP contribution < -0.4 is 5.32 Å². The van der Waals surface area contributed by atoms with E-state index in [0.29, 0.717) is 11.8 Å². The van der Waals surface area contributed by atoms with Gasteiger partial charge in [0.05, 0.1) is 6.04 Å². The molecule has 0 spiro atoms. The Morgan fingerprint density at radius 1 is 0.900 bits per heavy atom. The van der Waals surface area contributed by atoms with Crippen molar-refractivity contribution in [1.82, 2.24) is 15.1 Å². The second kappa shape index (κ2) is 6.90. The number of piperazine rings is 1. The van der Waals surface area contributed by atoms with E-state index in [9.17, 15) is 4.79 Å². The fourth-order valence-corrected chi connectivity index (χ4v) is 4.19. The lowest BCUT2D eigenvalue weighted by molar-refractivity contribution is -0.139. The zero-order valence-electron chi connectivity index (χ0n) is 12.6. The molecule has 0 aromatic heterocycles. The third kappa shape index (κ3) is 3.17. The zero-order valence-corrected chi connectivity index (χ0v) is 12.6. The number of hydrogen-bond acceptors (Lipinski definition) is 3. The molecule has 1 atom stereocenters. The van der Waals surface area contributed by atoms with E-state index < -0.39 is 0 Å². The molecule has 0 aromatic carbocycles. The number of amides is 1. The fourth-order valence-electron chi connectivity index (χ4n) is 4.19. The molecule has 1 amide bonds. The van der Waals surface area contributed by atoms with Crippen molar-refractivity contribution in [3.63, 3.8) is 0 Å². The highest BCUT2D eigenvalue weighted by molar-refractivity contribution is 5.82. The number of likely N-dealkylation sites (tertiary alicyclic amines) is 1. The molecular formula is C16H29N3O. The fraction of sp³-hybridized carbons (Fsp3) is 0.938. The van der Waals surface area contributed by atoms with Crippen LogP contribution in [0.4, 0.5) is 0 Å². The Bertz CT molecular complexity index is 298. The van der Waals surface area contributed by atoms with Gasteiger partial charge in [-0.3, -0.25) is 9.69 Å². The van der Waals surface area contributed by atoms with E-state index >= 15 is 0 Å². The predicted molar refractivity (Wildman–Crippen MR) is 80.6 cm³/mol. The van der Waals surface area contributed by atoms with Crippen LogP contribution >= 0.6 is 0 Å². The van der Waals surface area contributed by atoms with Crippen LogP contribution in [-0.4, -0.2) is 61.0 Å². The van der Waals surface area contributed by atoms with E-state index in [0.717, 1.165) is 39.3 Å². The molecule has 0 radical (unpaired) electrons. The summed E-state index contributed by atoms with van der Waals surface area (Å²) in [6.45, 7) is 6.15. The SMILES string of the molecule is O=C(C(C1CCCCC1)N1CCNCC1)N1CCCC1. The monoisotopic (exact) mass is 279 g/mol. The van der Waals surface area contributed by atoms with Crippen molar-refractivity contribution in [3.05, 3.63) is 0 Å². The van der Waals surface area contributed by atoms with Crippen molar-refractivity contribution in [2.75, 3.05) is 39.3 Å². The first-order valence-corrected chi connectivity index (χ1v) is 8.60. The minimum absolute atomic E-state index is 0.176. The lowest BCUT2D eigenvalue weighted by Crippen LogP contribution is -2.57. The molecule has 1 aliphatic carbocycles. The Labute approximate surface area is 122 Å². The average Bonchev–Trinajstić information content (AvgIpc) is 3.04. The topological polar surface area (TPSA) is 35.6 Å². The van der Waals surface area contributed by atoms with E-state index in [1.54, 1.807) is 0 Å². The normalized spacial score (nSPS) is 27.7. The van der Waals surface area contributed by atoms with Gasteiger partial charge >= 0.3 is 0 Å². The number of carbonyl (C=O) groups excluding carboxylic acids is 1. The van der Waals surface area contributed by atoms with Crippen LogP contribution in [0, 0.1) is 5.92 Å². The second-order valence-corrected chi connectivity index (χ2v) is 6.66. The molecule has 114 valence electrons. The van der Waals surface area contributed by atoms with Gasteiger partial charge in [-0.05, 0) is 31.6 Å². The molecule has 2 saturated heterocycles. The Morgan fingerprint density at radius 3 is 2.20 bits per heavy atom. The molecule has 1 N–H and O–H groups in total. The Hall–Kier alpha value is -0.610. The number of rotatable bonds is 3. The van der Waals surface area contributed by atoms with E-state index in [4.69, 9.17) is 0 Å². The summed E-state index contributed by atoms with van der Waals surface area (Å²) < 4.78 is 0. The van der Waals surface area contributed by atoms with E-state index in [1.165, 1.54) is 44.9 Å². The van der Waals surface area contributed by atoms with Crippen molar-refractivity contribution in [3.8, 4) is 0 Å². The Balaban J connectivity index is 1.72. The molecule has 20 heavy (non-hydrogen) atoms. The Morgan fingerprint density at radius 2 is 1.55 bits per heavy atom. The van der Waals surface area contributed by atoms with Crippen LogP contribution in [0.15, 0.2) is 0 Å². The molecule has 0 aromatic rings. The van der Waals surface area contributed by atoms with Gasteiger partial charge in [0.15, 0.2) is 0 Å². The molecule has 3 fully saturated rings. The maximum Gasteiger partial charge on any atom is 0.240 e. The molecule has 2 heterocycles. The molecule has 4 nitrogen and oxygen atoms in total. The number of nitrogens with one attached hydrogen (secondary N) is 1. The summed E-state index contributed by atoms with van der Waals surface area (Å²) in [5.74, 6) is 1.05. The molecular weight excluding hydrogens is 250 g/mol. The first kappa shape index (κ1) is 14.3. The highest BCUT2D eigenvalue weighted by Crippen LogP contribution is 2.31. The van der Waals surface area contributed by atoms with Crippen LogP contribution in [0.25, 0.3) is 0 Å². The van der Waals surface area contributed by atoms with Gasteiger partial charge in [-0.25, -0.2) is 0 Å². The van der Waals surface area contributed by atoms with Crippen LogP contribution in [0.1, 0.15) is 44.9 Å². The van der Waals surface area contributed by atoms with Crippen LogP contribution in [0.3, 0.4) is 0 Å². The van der Waals surface area contributed by atoms with Crippen molar-refractivity contribution in [2.45, 2.75) is 51.0 Å². The summed E-state index contributed by atoms with van der Waals surface area (Å²) in [6.07, 6.45) is 8.92. The lowest BCUT2D eigenvalue weighted by atomic mass is 9.82. The molecule has 3 aliphatic rings. The first-order chi connectivity index (χ1) is 9.86. The summed E-state index contributed by atoms with van der Waals surface area (Å²) in [6, 6.07) is 0.176. The van der Waals surface area contributed by atoms with Gasteiger partial charge in [0.2, 0.25) is 5.91 Å². The minimum atomic E-state index is 0.176. The number of hydrogen-bond donors (Lipinski definition) is 1. The maximum absolute atomic E-state index is 13.0. The second-order valence-electron chi connectivity index (χ2n) is 6.66. The van der Waals surface area contributed by atoms with Crippen LogP contribution in [-0.2, 0) is 4.79 Å². The predicted octanol–water partition coefficient (Wildman–Crippen LogP) is 1.46. The molecule has 1 saturated carbocycles. The van der Waals surface area contributed by atoms with Gasteiger partial charge in [0, 0.05) is 39.3 Å². The van der Waals surface area contributed by atoms with Crippen molar-refractivity contribution >= 4 is 5.91 Å². The number of nitrogens with zero attached hydrogens (tertiary/aromatic N) is 2. The average molecular weight is 279 g/mol. The van der Waals surface area contributed by atoms with Crippen molar-refractivity contribution in [2.24, 2.45) is 5.92 Å². The van der Waals surface area contributed by atoms with Gasteiger partial charge in [-0.15, -0.1) is 0 Å². The standard InChI is InChI=1S/C16H29N3O/c20-16(19-10-4-5-11-19)15(14-6-2-1-3-7-14)18-12-8-17-9-13-18/h14-15,17H,1-13H2. The molecule has 4 heteroatoms. The first-order valence-electron chi connectivity index (χ1n) is 8.60. The van der Waals surface area contributed by atoms with Crippen molar-refractivity contribution < 1.29 is 4.79 Å². The zero-order chi connectivity index (χ0) is 13.8. The third-order valence-corrected chi connectivity index (χ3v) is 5.31. The highest BCUT2D eigenvalue weighted by atomic mass is 16.2. The van der Waals surface area contributed by atoms with Gasteiger partial charge in [0.25, 0.3) is 0 Å². The maximum atomic E-state index is 13.0. The van der Waals surface area contributed by atoms with Gasteiger partial charge in [-0.2, -0.15) is 0 Å². The molecule has 0 bridgehead atoms. The Kier molecular flexibility index (Phi) is 4.94. The quantitative estimate of drug-likeness (QED) is 0.849. The summed E-state index contributed by atoms with van der Waals surface area (Å²) >= 11 is 0. The van der Waals surface area contributed by atoms with Gasteiger partial charge < -0.3 is 10.2 Å². The van der Waals surface area contributed by atoms with E-state index in [-0.39, 0.29) is 6.04 Å². The third-order valence-electron chi connectivity index (χ3n) is 5.31. The van der Waals surface area contributed by atoms with E-state index in [1.807, 2.05) is 0 Å². The number of carbonyl (C=O) groups is 1. The largest absolute Gasteiger partial charge is 0.341 e. The van der Waals surface area contributed by atoms with Crippen molar-refractivity contribution in [1.29, 1.82) is 0 Å². The van der Waals surface area contributed by atoms with Gasteiger partial charge in [0.1, 0.15) is 0 Å². The smallest absolute Gasteiger partial charge is 0.240 e. The lowest BCUT2D eigenvalue weighted by Gasteiger charge is -2.41. The summed E-state index contributed by atoms with van der Waals surface area (Å²) in [5, 5.41) is 3.41. The molecule has 3 rings (SSSR count). The summed E-state index contributed by atoms with van der Waals surface area (Å²) in [4.78, 5) is 17.6. The van der Waals surface area contributed by atoms with Crippen LogP contribution in [0.5, 0.6) is 0 Å². The minimum Gasteiger partial charge on any atom is -0.341 e. The summed E-state index contributed by atoms with van der Waals surface area (Å²) in [5.41, 5.74) is 0. The summed E-state index contributed by atoms with van der Waals surface area (Å²) in [7, 11) is 0. The van der Waals surface area contributed by atoms with Crippen LogP contribution in [0.2, 0.25) is 0 Å².